The minimum atomic E-state index is -0.159. The maximum Gasteiger partial charge on any atom is 0.272 e. The van der Waals surface area contributed by atoms with Gasteiger partial charge >= 0.3 is 0 Å². The molecule has 1 aromatic heterocycles. The summed E-state index contributed by atoms with van der Waals surface area (Å²) < 4.78 is 5.86. The molecule has 0 saturated heterocycles. The van der Waals surface area contributed by atoms with Crippen LogP contribution in [0, 0.1) is 6.92 Å². The van der Waals surface area contributed by atoms with Crippen LogP contribution >= 0.6 is 0 Å². The van der Waals surface area contributed by atoms with Crippen molar-refractivity contribution in [1.82, 2.24) is 9.88 Å². The zero-order valence-corrected chi connectivity index (χ0v) is 12.5. The lowest BCUT2D eigenvalue weighted by Gasteiger charge is -2.12. The van der Waals surface area contributed by atoms with Crippen LogP contribution < -0.4 is 10.5 Å². The van der Waals surface area contributed by atoms with Crippen LogP contribution in [0.3, 0.4) is 0 Å². The third-order valence-electron chi connectivity index (χ3n) is 3.07. The van der Waals surface area contributed by atoms with Gasteiger partial charge in [-0.1, -0.05) is 12.1 Å². The normalized spacial score (nSPS) is 10.3. The Bertz CT molecular complexity index is 654. The number of carbonyl (C=O) groups is 1. The van der Waals surface area contributed by atoms with Crippen molar-refractivity contribution in [3.8, 4) is 11.5 Å². The number of hydrogen-bond donors (Lipinski definition) is 1. The number of ether oxygens (including phenoxy) is 1. The van der Waals surface area contributed by atoms with Crippen molar-refractivity contribution in [3.05, 3.63) is 53.3 Å². The first-order chi connectivity index (χ1) is 10.0. The fraction of sp³-hybridized carbons (Fsp3) is 0.250. The summed E-state index contributed by atoms with van der Waals surface area (Å²) in [5.41, 5.74) is 7.99. The van der Waals surface area contributed by atoms with Crippen molar-refractivity contribution in [1.29, 1.82) is 0 Å². The molecule has 0 bridgehead atoms. The van der Waals surface area contributed by atoms with Gasteiger partial charge in [-0.05, 0) is 30.2 Å². The van der Waals surface area contributed by atoms with Gasteiger partial charge in [0.1, 0.15) is 17.2 Å². The molecule has 1 amide bonds. The number of carbonyl (C=O) groups excluding carboxylic acids is 1. The van der Waals surface area contributed by atoms with E-state index < -0.39 is 0 Å². The Morgan fingerprint density at radius 1 is 1.29 bits per heavy atom. The maximum atomic E-state index is 11.9. The molecule has 0 atom stereocenters. The molecule has 1 aromatic carbocycles. The number of benzene rings is 1. The number of rotatable bonds is 4. The summed E-state index contributed by atoms with van der Waals surface area (Å²) in [5.74, 6) is 1.15. The summed E-state index contributed by atoms with van der Waals surface area (Å²) in [6, 6.07) is 9.20. The quantitative estimate of drug-likeness (QED) is 0.936. The van der Waals surface area contributed by atoms with Gasteiger partial charge < -0.3 is 15.4 Å². The van der Waals surface area contributed by atoms with Gasteiger partial charge in [0, 0.05) is 32.9 Å². The van der Waals surface area contributed by atoms with E-state index in [1.54, 1.807) is 32.4 Å². The summed E-state index contributed by atoms with van der Waals surface area (Å²) in [6.07, 6.45) is 1.56. The topological polar surface area (TPSA) is 68.5 Å². The lowest BCUT2D eigenvalue weighted by atomic mass is 10.1. The second-order valence-electron chi connectivity index (χ2n) is 4.98. The molecule has 2 aromatic rings. The van der Waals surface area contributed by atoms with Gasteiger partial charge in [0.15, 0.2) is 0 Å². The first-order valence-electron chi connectivity index (χ1n) is 6.66. The van der Waals surface area contributed by atoms with Gasteiger partial charge in [-0.25, -0.2) is 0 Å². The molecule has 0 radical (unpaired) electrons. The van der Waals surface area contributed by atoms with Gasteiger partial charge in [-0.15, -0.1) is 0 Å². The van der Waals surface area contributed by atoms with E-state index in [1.807, 2.05) is 25.1 Å². The molecule has 0 spiro atoms. The molecule has 0 unspecified atom stereocenters. The highest BCUT2D eigenvalue weighted by Gasteiger charge is 2.11. The van der Waals surface area contributed by atoms with Crippen LogP contribution in [0.2, 0.25) is 0 Å². The average molecular weight is 285 g/mol. The van der Waals surface area contributed by atoms with Crippen LogP contribution in [0.5, 0.6) is 11.5 Å². The number of nitrogens with two attached hydrogens (primary N) is 1. The molecule has 0 aliphatic rings. The Balaban J connectivity index is 2.28. The second-order valence-corrected chi connectivity index (χ2v) is 4.98. The van der Waals surface area contributed by atoms with E-state index in [9.17, 15) is 4.79 Å². The van der Waals surface area contributed by atoms with E-state index in [0.29, 0.717) is 18.0 Å². The van der Waals surface area contributed by atoms with E-state index in [1.165, 1.54) is 4.90 Å². The van der Waals surface area contributed by atoms with Gasteiger partial charge in [0.25, 0.3) is 5.91 Å². The smallest absolute Gasteiger partial charge is 0.272 e. The van der Waals surface area contributed by atoms with Gasteiger partial charge in [0.05, 0.1) is 0 Å². The number of aromatic nitrogens is 1. The number of aryl methyl sites for hydroxylation is 1. The SMILES string of the molecule is Cc1ccc(CN)cc1Oc1ccnc(C(=O)N(C)C)c1. The number of nitrogens with zero attached hydrogens (tertiary/aromatic N) is 2. The van der Waals surface area contributed by atoms with Crippen LogP contribution in [0.4, 0.5) is 0 Å². The largest absolute Gasteiger partial charge is 0.457 e. The van der Waals surface area contributed by atoms with Crippen molar-refractivity contribution in [2.75, 3.05) is 14.1 Å². The Morgan fingerprint density at radius 2 is 2.05 bits per heavy atom. The highest BCUT2D eigenvalue weighted by atomic mass is 16.5. The molecule has 5 heteroatoms. The molecule has 0 fully saturated rings. The fourth-order valence-electron chi connectivity index (χ4n) is 1.83. The molecule has 0 aliphatic heterocycles. The number of hydrogen-bond acceptors (Lipinski definition) is 4. The van der Waals surface area contributed by atoms with Crippen LogP contribution in [0.15, 0.2) is 36.5 Å². The van der Waals surface area contributed by atoms with Crippen molar-refractivity contribution in [2.45, 2.75) is 13.5 Å². The zero-order valence-electron chi connectivity index (χ0n) is 12.5. The zero-order chi connectivity index (χ0) is 15.4. The monoisotopic (exact) mass is 285 g/mol. The van der Waals surface area contributed by atoms with Crippen LogP contribution in [0.1, 0.15) is 21.6 Å². The van der Waals surface area contributed by atoms with E-state index in [4.69, 9.17) is 10.5 Å². The lowest BCUT2D eigenvalue weighted by Crippen LogP contribution is -2.22. The first-order valence-corrected chi connectivity index (χ1v) is 6.66. The Kier molecular flexibility index (Phi) is 4.55. The summed E-state index contributed by atoms with van der Waals surface area (Å²) in [6.45, 7) is 2.42. The predicted octanol–water partition coefficient (Wildman–Crippen LogP) is 2.34. The van der Waals surface area contributed by atoms with Crippen molar-refractivity contribution < 1.29 is 9.53 Å². The summed E-state index contributed by atoms with van der Waals surface area (Å²) >= 11 is 0. The average Bonchev–Trinajstić information content (AvgIpc) is 2.49. The Hall–Kier alpha value is -2.40. The molecule has 21 heavy (non-hydrogen) atoms. The highest BCUT2D eigenvalue weighted by molar-refractivity contribution is 5.92. The van der Waals surface area contributed by atoms with Gasteiger partial charge in [-0.2, -0.15) is 0 Å². The molecule has 1 heterocycles. The molecule has 0 aliphatic carbocycles. The molecule has 2 N–H and O–H groups in total. The third-order valence-corrected chi connectivity index (χ3v) is 3.07. The molecular formula is C16H19N3O2. The molecular weight excluding hydrogens is 266 g/mol. The summed E-state index contributed by atoms with van der Waals surface area (Å²) in [5, 5.41) is 0. The maximum absolute atomic E-state index is 11.9. The molecule has 5 nitrogen and oxygen atoms in total. The van der Waals surface area contributed by atoms with E-state index in [-0.39, 0.29) is 5.91 Å². The second kappa shape index (κ2) is 6.37. The van der Waals surface area contributed by atoms with Crippen LogP contribution in [-0.2, 0) is 6.54 Å². The first kappa shape index (κ1) is 15.0. The van der Waals surface area contributed by atoms with E-state index in [2.05, 4.69) is 4.98 Å². The van der Waals surface area contributed by atoms with Crippen LogP contribution in [0.25, 0.3) is 0 Å². The van der Waals surface area contributed by atoms with Gasteiger partial charge in [-0.3, -0.25) is 9.78 Å². The minimum Gasteiger partial charge on any atom is -0.457 e. The molecule has 0 saturated carbocycles. The van der Waals surface area contributed by atoms with E-state index >= 15 is 0 Å². The Morgan fingerprint density at radius 3 is 2.71 bits per heavy atom. The number of amides is 1. The van der Waals surface area contributed by atoms with Crippen molar-refractivity contribution >= 4 is 5.91 Å². The number of pyridine rings is 1. The van der Waals surface area contributed by atoms with E-state index in [0.717, 1.165) is 16.9 Å². The van der Waals surface area contributed by atoms with Gasteiger partial charge in [0.2, 0.25) is 0 Å². The van der Waals surface area contributed by atoms with Crippen LogP contribution in [-0.4, -0.2) is 29.9 Å². The van der Waals surface area contributed by atoms with Crippen molar-refractivity contribution in [2.24, 2.45) is 5.73 Å². The summed E-state index contributed by atoms with van der Waals surface area (Å²) in [7, 11) is 3.37. The minimum absolute atomic E-state index is 0.159. The predicted molar refractivity (Wildman–Crippen MR) is 81.4 cm³/mol. The Labute approximate surface area is 124 Å². The highest BCUT2D eigenvalue weighted by Crippen LogP contribution is 2.26. The third kappa shape index (κ3) is 3.58. The molecule has 2 rings (SSSR count). The summed E-state index contributed by atoms with van der Waals surface area (Å²) in [4.78, 5) is 17.5. The van der Waals surface area contributed by atoms with Crippen molar-refractivity contribution in [3.63, 3.8) is 0 Å². The lowest BCUT2D eigenvalue weighted by molar-refractivity contribution is 0.0821. The fourth-order valence-corrected chi connectivity index (χ4v) is 1.83. The molecule has 110 valence electrons. The standard InChI is InChI=1S/C16H19N3O2/c1-11-4-5-12(10-17)8-15(11)21-13-6-7-18-14(9-13)16(20)19(2)3/h4-9H,10,17H2,1-3H3.